The Morgan fingerprint density at radius 1 is 1.24 bits per heavy atom. The van der Waals surface area contributed by atoms with Crippen molar-refractivity contribution < 1.29 is 17.9 Å². The summed E-state index contributed by atoms with van der Waals surface area (Å²) in [6.45, 7) is -0.815. The first-order valence-electron chi connectivity index (χ1n) is 8.22. The number of benzene rings is 1. The van der Waals surface area contributed by atoms with Crippen molar-refractivity contribution in [2.45, 2.75) is 50.9 Å². The molecule has 1 aromatic rings. The van der Waals surface area contributed by atoms with E-state index in [2.05, 4.69) is 15.6 Å². The Hall–Kier alpha value is -1.19. The van der Waals surface area contributed by atoms with Gasteiger partial charge in [-0.15, -0.1) is 24.0 Å². The lowest BCUT2D eigenvalue weighted by Gasteiger charge is -2.24. The summed E-state index contributed by atoms with van der Waals surface area (Å²) in [5.41, 5.74) is 0.835. The molecule has 0 aromatic heterocycles. The van der Waals surface area contributed by atoms with Gasteiger partial charge in [0.1, 0.15) is 5.75 Å². The van der Waals surface area contributed by atoms with Gasteiger partial charge in [-0.25, -0.2) is 0 Å². The SMILES string of the molecule is CN=C(NCc1cccc(OCC(F)(F)F)c1)NC1CCCCC1.I. The van der Waals surface area contributed by atoms with Gasteiger partial charge >= 0.3 is 6.18 Å². The molecule has 2 N–H and O–H groups in total. The minimum absolute atomic E-state index is 0. The Bertz CT molecular complexity index is 546. The first kappa shape index (κ1) is 21.9. The number of hydrogen-bond acceptors (Lipinski definition) is 2. The van der Waals surface area contributed by atoms with Crippen LogP contribution in [0.25, 0.3) is 0 Å². The van der Waals surface area contributed by atoms with Crippen molar-refractivity contribution in [1.82, 2.24) is 10.6 Å². The summed E-state index contributed by atoms with van der Waals surface area (Å²) in [6, 6.07) is 7.07. The largest absolute Gasteiger partial charge is 0.484 e. The van der Waals surface area contributed by atoms with Crippen molar-refractivity contribution >= 4 is 29.9 Å². The Labute approximate surface area is 163 Å². The fourth-order valence-corrected chi connectivity index (χ4v) is 2.73. The molecule has 2 rings (SSSR count). The lowest BCUT2D eigenvalue weighted by Crippen LogP contribution is -2.43. The van der Waals surface area contributed by atoms with E-state index in [1.54, 1.807) is 19.2 Å². The summed E-state index contributed by atoms with van der Waals surface area (Å²) in [5, 5.41) is 6.59. The van der Waals surface area contributed by atoms with E-state index < -0.39 is 12.8 Å². The molecule has 1 aliphatic rings. The van der Waals surface area contributed by atoms with E-state index in [0.717, 1.165) is 18.4 Å². The second-order valence-corrected chi connectivity index (χ2v) is 5.96. The number of hydrogen-bond donors (Lipinski definition) is 2. The predicted molar refractivity (Wildman–Crippen MR) is 104 cm³/mol. The van der Waals surface area contributed by atoms with Crippen molar-refractivity contribution in [3.8, 4) is 5.75 Å². The number of halogens is 4. The molecule has 25 heavy (non-hydrogen) atoms. The monoisotopic (exact) mass is 471 g/mol. The summed E-state index contributed by atoms with van der Waals surface area (Å²) in [5.74, 6) is 0.922. The molecule has 0 unspecified atom stereocenters. The van der Waals surface area contributed by atoms with E-state index in [0.29, 0.717) is 18.5 Å². The van der Waals surface area contributed by atoms with E-state index in [-0.39, 0.29) is 29.7 Å². The Balaban J connectivity index is 0.00000312. The van der Waals surface area contributed by atoms with E-state index in [1.165, 1.54) is 25.3 Å². The van der Waals surface area contributed by atoms with Crippen molar-refractivity contribution in [2.24, 2.45) is 4.99 Å². The lowest BCUT2D eigenvalue weighted by molar-refractivity contribution is -0.153. The number of rotatable bonds is 5. The quantitative estimate of drug-likeness (QED) is 0.384. The molecule has 0 radical (unpaired) electrons. The maximum absolute atomic E-state index is 12.2. The minimum Gasteiger partial charge on any atom is -0.484 e. The average Bonchev–Trinajstić information content (AvgIpc) is 2.57. The summed E-state index contributed by atoms with van der Waals surface area (Å²) in [4.78, 5) is 4.20. The molecule has 8 heteroatoms. The van der Waals surface area contributed by atoms with Crippen LogP contribution < -0.4 is 15.4 Å². The van der Waals surface area contributed by atoms with E-state index in [9.17, 15) is 13.2 Å². The fourth-order valence-electron chi connectivity index (χ4n) is 2.73. The first-order chi connectivity index (χ1) is 11.5. The Kier molecular flexibility index (Phi) is 9.37. The van der Waals surface area contributed by atoms with Crippen molar-refractivity contribution in [1.29, 1.82) is 0 Å². The van der Waals surface area contributed by atoms with Crippen molar-refractivity contribution in [3.63, 3.8) is 0 Å². The highest BCUT2D eigenvalue weighted by Crippen LogP contribution is 2.19. The molecule has 1 aliphatic carbocycles. The third kappa shape index (κ3) is 8.64. The Morgan fingerprint density at radius 3 is 2.60 bits per heavy atom. The lowest BCUT2D eigenvalue weighted by atomic mass is 9.96. The van der Waals surface area contributed by atoms with Gasteiger partial charge in [-0.2, -0.15) is 13.2 Å². The van der Waals surface area contributed by atoms with Gasteiger partial charge in [0.2, 0.25) is 0 Å². The van der Waals surface area contributed by atoms with Crippen LogP contribution in [-0.2, 0) is 6.54 Å². The smallest absolute Gasteiger partial charge is 0.422 e. The number of nitrogens with zero attached hydrogens (tertiary/aromatic N) is 1. The van der Waals surface area contributed by atoms with Gasteiger partial charge in [0.25, 0.3) is 0 Å². The number of nitrogens with one attached hydrogen (secondary N) is 2. The molecule has 0 saturated heterocycles. The molecule has 0 spiro atoms. The molecule has 0 atom stereocenters. The molecule has 1 fully saturated rings. The molecule has 1 aromatic carbocycles. The highest BCUT2D eigenvalue weighted by molar-refractivity contribution is 14.0. The third-order valence-electron chi connectivity index (χ3n) is 3.93. The van der Waals surface area contributed by atoms with Crippen molar-refractivity contribution in [3.05, 3.63) is 29.8 Å². The summed E-state index contributed by atoms with van der Waals surface area (Å²) >= 11 is 0. The molecule has 142 valence electrons. The van der Waals surface area contributed by atoms with Gasteiger partial charge in [-0.3, -0.25) is 4.99 Å². The summed E-state index contributed by atoms with van der Waals surface area (Å²) in [6.07, 6.45) is 1.69. The zero-order chi connectivity index (χ0) is 17.4. The van der Waals surface area contributed by atoms with Crippen LogP contribution >= 0.6 is 24.0 Å². The highest BCUT2D eigenvalue weighted by Gasteiger charge is 2.28. The fraction of sp³-hybridized carbons (Fsp3) is 0.588. The van der Waals surface area contributed by atoms with Gasteiger partial charge in [-0.05, 0) is 30.5 Å². The molecular weight excluding hydrogens is 446 g/mol. The number of alkyl halides is 3. The maximum Gasteiger partial charge on any atom is 0.422 e. The maximum atomic E-state index is 12.2. The summed E-state index contributed by atoms with van der Waals surface area (Å²) in [7, 11) is 1.71. The van der Waals surface area contributed by atoms with Crippen LogP contribution in [-0.4, -0.2) is 31.8 Å². The van der Waals surface area contributed by atoms with Gasteiger partial charge in [-0.1, -0.05) is 31.4 Å². The van der Waals surface area contributed by atoms with Crippen LogP contribution in [0.2, 0.25) is 0 Å². The number of ether oxygens (including phenoxy) is 1. The van der Waals surface area contributed by atoms with Gasteiger partial charge in [0.05, 0.1) is 0 Å². The summed E-state index contributed by atoms with van der Waals surface area (Å²) < 4.78 is 41.4. The second-order valence-electron chi connectivity index (χ2n) is 5.96. The molecular formula is C17H25F3IN3O. The molecule has 4 nitrogen and oxygen atoms in total. The van der Waals surface area contributed by atoms with E-state index in [4.69, 9.17) is 4.74 Å². The van der Waals surface area contributed by atoms with Crippen LogP contribution in [0.5, 0.6) is 5.75 Å². The zero-order valence-electron chi connectivity index (χ0n) is 14.2. The molecule has 0 heterocycles. The number of guanidine groups is 1. The second kappa shape index (κ2) is 10.7. The molecule has 0 bridgehead atoms. The van der Waals surface area contributed by atoms with Gasteiger partial charge in [0, 0.05) is 19.6 Å². The van der Waals surface area contributed by atoms with E-state index >= 15 is 0 Å². The van der Waals surface area contributed by atoms with Crippen LogP contribution in [0.15, 0.2) is 29.3 Å². The predicted octanol–water partition coefficient (Wildman–Crippen LogP) is 4.24. The van der Waals surface area contributed by atoms with Crippen LogP contribution in [0, 0.1) is 0 Å². The number of aliphatic imine (C=N–C) groups is 1. The zero-order valence-corrected chi connectivity index (χ0v) is 16.6. The molecule has 1 saturated carbocycles. The van der Waals surface area contributed by atoms with Gasteiger partial charge in [0.15, 0.2) is 12.6 Å². The third-order valence-corrected chi connectivity index (χ3v) is 3.93. The topological polar surface area (TPSA) is 45.7 Å². The average molecular weight is 471 g/mol. The van der Waals surface area contributed by atoms with Crippen LogP contribution in [0.3, 0.4) is 0 Å². The van der Waals surface area contributed by atoms with Crippen molar-refractivity contribution in [2.75, 3.05) is 13.7 Å². The van der Waals surface area contributed by atoms with Crippen LogP contribution in [0.1, 0.15) is 37.7 Å². The normalized spacial score (nSPS) is 16.1. The first-order valence-corrected chi connectivity index (χ1v) is 8.22. The van der Waals surface area contributed by atoms with Gasteiger partial charge < -0.3 is 15.4 Å². The highest BCUT2D eigenvalue weighted by atomic mass is 127. The van der Waals surface area contributed by atoms with E-state index in [1.807, 2.05) is 6.07 Å². The van der Waals surface area contributed by atoms with Crippen LogP contribution in [0.4, 0.5) is 13.2 Å². The Morgan fingerprint density at radius 2 is 1.96 bits per heavy atom. The molecule has 0 amide bonds. The minimum atomic E-state index is -4.33. The standard InChI is InChI=1S/C17H24F3N3O.HI/c1-21-16(23-14-7-3-2-4-8-14)22-11-13-6-5-9-15(10-13)24-12-17(18,19)20;/h5-6,9-10,14H,2-4,7-8,11-12H2,1H3,(H2,21,22,23);1H. The molecule has 0 aliphatic heterocycles.